The number of fused-ring (bicyclic) bond motifs is 2. The molecule has 7 nitrogen and oxygen atoms in total. The van der Waals surface area contributed by atoms with Crippen molar-refractivity contribution in [3.8, 4) is 5.75 Å². The monoisotopic (exact) mass is 443 g/mol. The zero-order valence-electron chi connectivity index (χ0n) is 17.7. The van der Waals surface area contributed by atoms with E-state index in [0.29, 0.717) is 17.4 Å². The average molecular weight is 444 g/mol. The first kappa shape index (κ1) is 20.1. The van der Waals surface area contributed by atoms with Gasteiger partial charge >= 0.3 is 0 Å². The highest BCUT2D eigenvalue weighted by molar-refractivity contribution is 7.22. The Kier molecular flexibility index (Phi) is 5.28. The van der Waals surface area contributed by atoms with Gasteiger partial charge < -0.3 is 4.74 Å². The van der Waals surface area contributed by atoms with E-state index in [1.165, 1.54) is 11.3 Å². The second-order valence-electron chi connectivity index (χ2n) is 7.46. The molecule has 0 unspecified atom stereocenters. The maximum absolute atomic E-state index is 13.5. The highest BCUT2D eigenvalue weighted by Crippen LogP contribution is 2.37. The lowest BCUT2D eigenvalue weighted by Gasteiger charge is -2.20. The first-order chi connectivity index (χ1) is 15.6. The number of carbonyl (C=O) groups is 1. The number of amides is 1. The number of nitrogens with zero attached hydrogens (tertiary/aromatic N) is 5. The van der Waals surface area contributed by atoms with Gasteiger partial charge in [0, 0.05) is 0 Å². The lowest BCUT2D eigenvalue weighted by molar-refractivity contribution is -0.119. The standard InChI is InChI=1S/C24H21N5O2S/c1-16-12-13-20(31-2)22-23(16)32-24(25-22)28(14-17-8-4-3-5-9-17)21(30)15-29-19-11-7-6-10-18(19)26-27-29/h3-13H,14-15H2,1-2H3. The van der Waals surface area contributed by atoms with Crippen molar-refractivity contribution >= 4 is 43.6 Å². The second-order valence-corrected chi connectivity index (χ2v) is 8.44. The number of thiazole rings is 1. The molecule has 160 valence electrons. The van der Waals surface area contributed by atoms with E-state index in [1.807, 2.05) is 73.7 Å². The normalized spacial score (nSPS) is 11.2. The maximum Gasteiger partial charge on any atom is 0.250 e. The summed E-state index contributed by atoms with van der Waals surface area (Å²) in [5, 5.41) is 8.98. The molecule has 32 heavy (non-hydrogen) atoms. The van der Waals surface area contributed by atoms with Crippen molar-refractivity contribution in [3.05, 3.63) is 77.9 Å². The van der Waals surface area contributed by atoms with Crippen molar-refractivity contribution < 1.29 is 9.53 Å². The minimum atomic E-state index is -0.111. The molecule has 0 spiro atoms. The Balaban J connectivity index is 1.55. The van der Waals surface area contributed by atoms with Crippen LogP contribution < -0.4 is 9.64 Å². The minimum absolute atomic E-state index is 0.0688. The third kappa shape index (κ3) is 3.69. The molecule has 0 atom stereocenters. The fourth-order valence-electron chi connectivity index (χ4n) is 3.65. The fourth-order valence-corrected chi connectivity index (χ4v) is 4.72. The van der Waals surface area contributed by atoms with Crippen LogP contribution >= 0.6 is 11.3 Å². The van der Waals surface area contributed by atoms with Crippen LogP contribution in [0.25, 0.3) is 21.3 Å². The molecule has 2 heterocycles. The van der Waals surface area contributed by atoms with E-state index in [0.717, 1.165) is 32.4 Å². The van der Waals surface area contributed by atoms with Crippen molar-refractivity contribution in [2.45, 2.75) is 20.0 Å². The van der Waals surface area contributed by atoms with E-state index in [-0.39, 0.29) is 12.5 Å². The summed E-state index contributed by atoms with van der Waals surface area (Å²) in [5.74, 6) is 0.586. The number of carbonyl (C=O) groups excluding carboxylic acids is 1. The zero-order valence-corrected chi connectivity index (χ0v) is 18.5. The number of para-hydroxylation sites is 1. The summed E-state index contributed by atoms with van der Waals surface area (Å²) in [5.41, 5.74) is 4.47. The molecule has 5 rings (SSSR count). The predicted molar refractivity (Wildman–Crippen MR) is 126 cm³/mol. The van der Waals surface area contributed by atoms with Gasteiger partial charge in [0.2, 0.25) is 0 Å². The summed E-state index contributed by atoms with van der Waals surface area (Å²) in [6.07, 6.45) is 0. The van der Waals surface area contributed by atoms with E-state index < -0.39 is 0 Å². The summed E-state index contributed by atoms with van der Waals surface area (Å²) < 4.78 is 8.15. The van der Waals surface area contributed by atoms with Crippen molar-refractivity contribution in [1.29, 1.82) is 0 Å². The first-order valence-corrected chi connectivity index (χ1v) is 11.0. The van der Waals surface area contributed by atoms with Gasteiger partial charge in [-0.1, -0.05) is 65.1 Å². The van der Waals surface area contributed by atoms with E-state index in [9.17, 15) is 4.79 Å². The van der Waals surface area contributed by atoms with Gasteiger partial charge in [0.25, 0.3) is 5.91 Å². The van der Waals surface area contributed by atoms with Gasteiger partial charge in [-0.05, 0) is 36.2 Å². The van der Waals surface area contributed by atoms with Crippen molar-refractivity contribution in [1.82, 2.24) is 20.0 Å². The molecule has 0 bridgehead atoms. The Bertz CT molecular complexity index is 1410. The summed E-state index contributed by atoms with van der Waals surface area (Å²) in [4.78, 5) is 20.1. The number of anilines is 1. The van der Waals surface area contributed by atoms with Crippen LogP contribution in [0.5, 0.6) is 5.75 Å². The van der Waals surface area contributed by atoms with Crippen LogP contribution in [0, 0.1) is 6.92 Å². The smallest absolute Gasteiger partial charge is 0.250 e. The Morgan fingerprint density at radius 2 is 1.84 bits per heavy atom. The molecule has 0 aliphatic rings. The summed E-state index contributed by atoms with van der Waals surface area (Å²) >= 11 is 1.49. The van der Waals surface area contributed by atoms with Gasteiger partial charge in [-0.2, -0.15) is 0 Å². The second kappa shape index (κ2) is 8.39. The molecule has 0 N–H and O–H groups in total. The van der Waals surface area contributed by atoms with Crippen LogP contribution in [0.3, 0.4) is 0 Å². The molecule has 0 saturated carbocycles. The molecule has 0 aliphatic carbocycles. The largest absolute Gasteiger partial charge is 0.494 e. The van der Waals surface area contributed by atoms with E-state index in [2.05, 4.69) is 10.3 Å². The number of benzene rings is 3. The van der Waals surface area contributed by atoms with E-state index >= 15 is 0 Å². The molecule has 5 aromatic rings. The van der Waals surface area contributed by atoms with Crippen molar-refractivity contribution in [3.63, 3.8) is 0 Å². The summed E-state index contributed by atoms with van der Waals surface area (Å²) in [6.45, 7) is 2.52. The van der Waals surface area contributed by atoms with Crippen LogP contribution in [0.1, 0.15) is 11.1 Å². The van der Waals surface area contributed by atoms with Crippen molar-refractivity contribution in [2.75, 3.05) is 12.0 Å². The number of aryl methyl sites for hydroxylation is 1. The number of hydrogen-bond acceptors (Lipinski definition) is 6. The van der Waals surface area contributed by atoms with Gasteiger partial charge in [-0.25, -0.2) is 9.67 Å². The Labute approximate surface area is 188 Å². The molecule has 0 saturated heterocycles. The Hall–Kier alpha value is -3.78. The lowest BCUT2D eigenvalue weighted by Crippen LogP contribution is -2.33. The lowest BCUT2D eigenvalue weighted by atomic mass is 10.2. The molecule has 0 fully saturated rings. The predicted octanol–water partition coefficient (Wildman–Crippen LogP) is 4.59. The quantitative estimate of drug-likeness (QED) is 0.384. The number of rotatable bonds is 6. The molecular formula is C24H21N5O2S. The van der Waals surface area contributed by atoms with Gasteiger partial charge in [0.1, 0.15) is 23.3 Å². The van der Waals surface area contributed by atoms with Crippen LogP contribution in [-0.2, 0) is 17.9 Å². The SMILES string of the molecule is COc1ccc(C)c2sc(N(Cc3ccccc3)C(=O)Cn3nnc4ccccc43)nc12. The van der Waals surface area contributed by atoms with Crippen LogP contribution in [0.4, 0.5) is 5.13 Å². The van der Waals surface area contributed by atoms with E-state index in [1.54, 1.807) is 16.7 Å². The molecule has 0 radical (unpaired) electrons. The zero-order chi connectivity index (χ0) is 22.1. The third-order valence-corrected chi connectivity index (χ3v) is 6.55. The van der Waals surface area contributed by atoms with Gasteiger partial charge in [-0.15, -0.1) is 5.10 Å². The molecule has 1 amide bonds. The molecule has 2 aromatic heterocycles. The third-order valence-electron chi connectivity index (χ3n) is 5.33. The number of ether oxygens (including phenoxy) is 1. The number of aromatic nitrogens is 4. The summed E-state index contributed by atoms with van der Waals surface area (Å²) in [7, 11) is 1.63. The Morgan fingerprint density at radius 3 is 2.66 bits per heavy atom. The van der Waals surface area contributed by atoms with E-state index in [4.69, 9.17) is 9.72 Å². The Morgan fingerprint density at radius 1 is 1.06 bits per heavy atom. The van der Waals surface area contributed by atoms with Crippen molar-refractivity contribution in [2.24, 2.45) is 0 Å². The first-order valence-electron chi connectivity index (χ1n) is 10.2. The number of hydrogen-bond donors (Lipinski definition) is 0. The van der Waals surface area contributed by atoms with Gasteiger partial charge in [0.05, 0.1) is 23.9 Å². The molecular weight excluding hydrogens is 422 g/mol. The molecule has 3 aromatic carbocycles. The fraction of sp³-hybridized carbons (Fsp3) is 0.167. The van der Waals surface area contributed by atoms with Crippen LogP contribution in [0.2, 0.25) is 0 Å². The van der Waals surface area contributed by atoms with Crippen LogP contribution in [0.15, 0.2) is 66.7 Å². The van der Waals surface area contributed by atoms with Gasteiger partial charge in [-0.3, -0.25) is 9.69 Å². The summed E-state index contributed by atoms with van der Waals surface area (Å²) in [6, 6.07) is 21.4. The topological polar surface area (TPSA) is 73.1 Å². The van der Waals surface area contributed by atoms with Crippen LogP contribution in [-0.4, -0.2) is 33.0 Å². The molecule has 0 aliphatic heterocycles. The highest BCUT2D eigenvalue weighted by Gasteiger charge is 2.23. The number of methoxy groups -OCH3 is 1. The minimum Gasteiger partial charge on any atom is -0.494 e. The highest BCUT2D eigenvalue weighted by atomic mass is 32.1. The maximum atomic E-state index is 13.5. The van der Waals surface area contributed by atoms with Gasteiger partial charge in [0.15, 0.2) is 5.13 Å². The average Bonchev–Trinajstić information content (AvgIpc) is 3.44. The molecule has 8 heteroatoms.